The van der Waals surface area contributed by atoms with E-state index in [1.54, 1.807) is 6.92 Å². The maximum atomic E-state index is 10.9. The van der Waals surface area contributed by atoms with Crippen molar-refractivity contribution < 1.29 is 82.9 Å². The molecule has 0 radical (unpaired) electrons. The van der Waals surface area contributed by atoms with E-state index < -0.39 is 48.1 Å². The number of rotatable bonds is 25. The number of likely N-dealkylation sites (N-methyl/N-ethyl adjacent to an activating group) is 2. The molecule has 0 aliphatic carbocycles. The van der Waals surface area contributed by atoms with Gasteiger partial charge in [-0.1, -0.05) is 27.7 Å². The van der Waals surface area contributed by atoms with Gasteiger partial charge in [-0.25, -0.2) is 0 Å². The number of hydrogen-bond acceptors (Lipinski definition) is 15. The summed E-state index contributed by atoms with van der Waals surface area (Å²) in [5.74, 6) is -4.06. The summed E-state index contributed by atoms with van der Waals surface area (Å²) in [6, 6.07) is -0.463. The second kappa shape index (κ2) is 33.7. The van der Waals surface area contributed by atoms with E-state index >= 15 is 0 Å². The smallest absolute Gasteiger partial charge is 0.320 e. The molecule has 7 atom stereocenters. The van der Waals surface area contributed by atoms with Crippen molar-refractivity contribution in [2.45, 2.75) is 104 Å². The van der Waals surface area contributed by atoms with E-state index in [9.17, 15) is 34.2 Å². The first kappa shape index (κ1) is 61.6. The summed E-state index contributed by atoms with van der Waals surface area (Å²) in [6.07, 6.45) is -0.428. The van der Waals surface area contributed by atoms with Gasteiger partial charge >= 0.3 is 17.9 Å². The molecule has 5 unspecified atom stereocenters. The largest absolute Gasteiger partial charge is 0.550 e. The van der Waals surface area contributed by atoms with E-state index in [2.05, 4.69) is 31.2 Å². The molecule has 0 aromatic rings. The monoisotopic (exact) mass is 846 g/mol. The van der Waals surface area contributed by atoms with Gasteiger partial charge in [0.05, 0.1) is 88.0 Å². The predicted octanol–water partition coefficient (Wildman–Crippen LogP) is -2.51. The van der Waals surface area contributed by atoms with Crippen molar-refractivity contribution in [3.05, 3.63) is 0 Å². The molecule has 1 heterocycles. The summed E-state index contributed by atoms with van der Waals surface area (Å²) in [6.45, 7) is 14.4. The summed E-state index contributed by atoms with van der Waals surface area (Å²) in [5, 5.41) is 62.8. The lowest BCUT2D eigenvalue weighted by atomic mass is 10.0. The van der Waals surface area contributed by atoms with Crippen LogP contribution in [0.25, 0.3) is 0 Å². The lowest BCUT2D eigenvalue weighted by Gasteiger charge is -2.32. The van der Waals surface area contributed by atoms with Gasteiger partial charge in [-0.15, -0.1) is 0 Å². The number of quaternary nitrogens is 2. The third kappa shape index (κ3) is 45.6. The van der Waals surface area contributed by atoms with Crippen molar-refractivity contribution >= 4 is 29.8 Å². The number of carbonyl (C=O) groups excluding carboxylic acids is 2. The van der Waals surface area contributed by atoms with Gasteiger partial charge in [0.1, 0.15) is 37.4 Å². The Morgan fingerprint density at radius 1 is 0.759 bits per heavy atom. The van der Waals surface area contributed by atoms with Crippen LogP contribution in [0.3, 0.4) is 0 Å². The predicted molar refractivity (Wildman–Crippen MR) is 213 cm³/mol. The normalized spacial score (nSPS) is 17.2. The first-order valence-electron chi connectivity index (χ1n) is 19.4. The van der Waals surface area contributed by atoms with Gasteiger partial charge in [0.2, 0.25) is 0 Å². The van der Waals surface area contributed by atoms with E-state index in [0.717, 1.165) is 13.0 Å². The molecule has 1 aliphatic rings. The van der Waals surface area contributed by atoms with Crippen LogP contribution < -0.4 is 21.7 Å². The molecule has 0 bridgehead atoms. The molecular formula is C38H79N5O15. The Morgan fingerprint density at radius 2 is 1.16 bits per heavy atom. The summed E-state index contributed by atoms with van der Waals surface area (Å²) < 4.78 is 17.2. The van der Waals surface area contributed by atoms with E-state index in [-0.39, 0.29) is 51.4 Å². The molecule has 9 N–H and O–H groups in total. The highest BCUT2D eigenvalue weighted by Gasteiger charge is 2.39. The van der Waals surface area contributed by atoms with Gasteiger partial charge in [0.25, 0.3) is 0 Å². The van der Waals surface area contributed by atoms with Crippen LogP contribution in [0, 0.1) is 11.8 Å². The molecule has 1 fully saturated rings. The zero-order valence-electron chi connectivity index (χ0n) is 37.1. The lowest BCUT2D eigenvalue weighted by molar-refractivity contribution is -0.874. The molecule has 58 heavy (non-hydrogen) atoms. The second-order valence-electron chi connectivity index (χ2n) is 16.9. The molecule has 1 saturated heterocycles. The number of aliphatic hydroxyl groups is 2. The van der Waals surface area contributed by atoms with Crippen LogP contribution in [0.4, 0.5) is 0 Å². The number of nitrogens with zero attached hydrogens (tertiary/aromatic N) is 3. The number of aliphatic hydroxyl groups excluding tert-OH is 2. The van der Waals surface area contributed by atoms with Crippen LogP contribution in [0.1, 0.15) is 67.2 Å². The van der Waals surface area contributed by atoms with Crippen LogP contribution in [0.2, 0.25) is 0 Å². The van der Waals surface area contributed by atoms with E-state index in [4.69, 9.17) is 40.7 Å². The van der Waals surface area contributed by atoms with Gasteiger partial charge in [-0.05, 0) is 38.5 Å². The third-order valence-corrected chi connectivity index (χ3v) is 7.26. The fourth-order valence-electron chi connectivity index (χ4n) is 4.92. The summed E-state index contributed by atoms with van der Waals surface area (Å²) >= 11 is 0. The lowest BCUT2D eigenvalue weighted by Crippen LogP contribution is -2.47. The van der Waals surface area contributed by atoms with Gasteiger partial charge in [0.15, 0.2) is 0 Å². The topological polar surface area (TPSA) is 315 Å². The van der Waals surface area contributed by atoms with Crippen molar-refractivity contribution in [3.8, 4) is 0 Å². The number of hydrogen-bond donors (Lipinski definition) is 7. The number of nitrogens with two attached hydrogens (primary N) is 2. The Bertz CT molecular complexity index is 1110. The fourth-order valence-corrected chi connectivity index (χ4v) is 4.92. The Hall–Kier alpha value is -3.05. The van der Waals surface area contributed by atoms with Crippen molar-refractivity contribution in [2.24, 2.45) is 23.3 Å². The highest BCUT2D eigenvalue weighted by molar-refractivity contribution is 5.74. The zero-order chi connectivity index (χ0) is 46.4. The maximum absolute atomic E-state index is 10.9. The minimum Gasteiger partial charge on any atom is -0.550 e. The zero-order valence-corrected chi connectivity index (χ0v) is 37.1. The third-order valence-electron chi connectivity index (χ3n) is 7.26. The first-order chi connectivity index (χ1) is 26.4. The Balaban J connectivity index is -0.000000363. The van der Waals surface area contributed by atoms with E-state index in [1.807, 2.05) is 61.0 Å². The van der Waals surface area contributed by atoms with Crippen molar-refractivity contribution in [3.63, 3.8) is 0 Å². The molecule has 20 heteroatoms. The van der Waals surface area contributed by atoms with E-state index in [0.29, 0.717) is 59.6 Å². The number of carboxylic acid groups (broad SMARTS) is 5. The molecule has 1 rings (SSSR count). The fraction of sp³-hybridized carbons (Fsp3) is 0.868. The Labute approximate surface area is 345 Å². The molecule has 0 aromatic carbocycles. The first-order valence-corrected chi connectivity index (χ1v) is 19.4. The molecule has 0 aromatic heterocycles. The standard InChI is InChI=1S/C17H34N2O6.C9H17NO2.C6H13NO2.C4H10O3.C2H5NO2/c1-13(25-15(9-17(22)23)11-19(5,6)7)12-24-14(8-16(20)21)10-18(2,3)4;1-6(2)4-8(9(11)12)10-5-7(10)3;1-4(2)3-5(7)6(8)9;5-1-3-7-4-2-6;3-1-2(4)5/h13-15H,8-12H2,1-7H3;6-8H,4-5H2,1-3H3,(H,11,12);4-5H,3,7H2,1-2H3,(H,8,9);5-6H,1-4H2;1,3H2,(H,4,5)/t;7?,8-,10?;5-;;/m.00../s1. The van der Waals surface area contributed by atoms with Crippen LogP contribution >= 0.6 is 0 Å². The molecule has 346 valence electrons. The number of carbonyl (C=O) groups is 5. The van der Waals surface area contributed by atoms with Gasteiger partial charge in [0, 0.05) is 37.4 Å². The highest BCUT2D eigenvalue weighted by Crippen LogP contribution is 2.24. The van der Waals surface area contributed by atoms with Crippen molar-refractivity contribution in [1.29, 1.82) is 0 Å². The molecule has 0 amide bonds. The molecule has 0 spiro atoms. The van der Waals surface area contributed by atoms with Crippen LogP contribution in [-0.2, 0) is 38.2 Å². The minimum absolute atomic E-state index is 0.0278. The molecule has 1 aliphatic heterocycles. The van der Waals surface area contributed by atoms with Gasteiger partial charge in [-0.3, -0.25) is 19.3 Å². The van der Waals surface area contributed by atoms with Crippen molar-refractivity contribution in [2.75, 3.05) is 101 Å². The number of aliphatic carboxylic acids is 5. The molecule has 0 saturated carbocycles. The summed E-state index contributed by atoms with van der Waals surface area (Å²) in [7, 11) is 11.7. The minimum atomic E-state index is -1.16. The maximum Gasteiger partial charge on any atom is 0.320 e. The molecule has 20 nitrogen and oxygen atoms in total. The average Bonchev–Trinajstić information content (AvgIpc) is 3.77. The Kier molecular flexibility index (Phi) is 35.8. The van der Waals surface area contributed by atoms with Crippen LogP contribution in [-0.4, -0.2) is 207 Å². The number of carboxylic acids is 5. The van der Waals surface area contributed by atoms with E-state index in [1.165, 1.54) is 0 Å². The number of ether oxygens (including phenoxy) is 3. The van der Waals surface area contributed by atoms with Crippen molar-refractivity contribution in [1.82, 2.24) is 4.90 Å². The van der Waals surface area contributed by atoms with Gasteiger partial charge in [-0.2, -0.15) is 0 Å². The van der Waals surface area contributed by atoms with Gasteiger partial charge < -0.3 is 80.0 Å². The average molecular weight is 846 g/mol. The summed E-state index contributed by atoms with van der Waals surface area (Å²) in [4.78, 5) is 54.0. The summed E-state index contributed by atoms with van der Waals surface area (Å²) in [5.41, 5.74) is 9.79. The Morgan fingerprint density at radius 3 is 1.43 bits per heavy atom. The van der Waals surface area contributed by atoms with Crippen LogP contribution in [0.15, 0.2) is 0 Å². The second-order valence-corrected chi connectivity index (χ2v) is 16.9. The SMILES string of the molecule is CC(C)C[C@@H](C(=O)O)N1CC1C.CC(C)C[C@H](N)C(=O)O.CC(COC(CC(=O)[O-])C[N+](C)(C)C)OC(CC(=O)[O-])C[N+](C)(C)C.NCC(=O)O.OCCOCCO. The van der Waals surface area contributed by atoms with Crippen LogP contribution in [0.5, 0.6) is 0 Å². The molecular weight excluding hydrogens is 766 g/mol. The quantitative estimate of drug-likeness (QED) is 0.0283. The highest BCUT2D eigenvalue weighted by atomic mass is 16.5.